The summed E-state index contributed by atoms with van der Waals surface area (Å²) < 4.78 is 4.92. The van der Waals surface area contributed by atoms with Crippen LogP contribution in [0.5, 0.6) is 0 Å². The molecule has 0 saturated heterocycles. The lowest BCUT2D eigenvalue weighted by Crippen LogP contribution is -2.03. The van der Waals surface area contributed by atoms with Gasteiger partial charge in [-0.2, -0.15) is 0 Å². The predicted octanol–water partition coefficient (Wildman–Crippen LogP) is 0.893. The summed E-state index contributed by atoms with van der Waals surface area (Å²) in [5, 5.41) is 9.83. The summed E-state index contributed by atoms with van der Waals surface area (Å²) >= 11 is 0. The maximum Gasteiger partial charge on any atom is 0.417 e. The molecular formula is C11H14N2O3. The third-order valence-corrected chi connectivity index (χ3v) is 2.51. The fraction of sp³-hybridized carbons (Fsp3) is 0.364. The second-order valence-electron chi connectivity index (χ2n) is 3.72. The summed E-state index contributed by atoms with van der Waals surface area (Å²) in [5.74, 6) is -0.483. The molecule has 0 aliphatic rings. The van der Waals surface area contributed by atoms with Crippen LogP contribution in [0.2, 0.25) is 0 Å². The third kappa shape index (κ3) is 2.15. The maximum absolute atomic E-state index is 10.9. The van der Waals surface area contributed by atoms with Crippen LogP contribution in [0.25, 0.3) is 11.1 Å². The van der Waals surface area contributed by atoms with Crippen molar-refractivity contribution in [3.8, 4) is 0 Å². The van der Waals surface area contributed by atoms with Gasteiger partial charge in [0.05, 0.1) is 11.6 Å². The lowest BCUT2D eigenvalue weighted by Gasteiger charge is -2.09. The second-order valence-corrected chi connectivity index (χ2v) is 3.72. The molecule has 16 heavy (non-hydrogen) atoms. The van der Waals surface area contributed by atoms with Crippen LogP contribution >= 0.6 is 0 Å². The Morgan fingerprint density at radius 1 is 1.50 bits per heavy atom. The Labute approximate surface area is 91.9 Å². The largest absolute Gasteiger partial charge is 0.417 e. The number of hydrogen-bond acceptors (Lipinski definition) is 4. The first-order valence-corrected chi connectivity index (χ1v) is 5.21. The van der Waals surface area contributed by atoms with Crippen LogP contribution in [-0.2, 0) is 0 Å². The number of H-pyrrole nitrogens is 1. The first-order chi connectivity index (χ1) is 7.70. The molecule has 0 amide bonds. The highest BCUT2D eigenvalue weighted by Gasteiger charge is 2.09. The van der Waals surface area contributed by atoms with E-state index in [-0.39, 0.29) is 0 Å². The SMILES string of the molecule is NCCCC(O)c1ccc2[nH]c(=O)oc2c1. The normalized spacial score (nSPS) is 13.1. The molecule has 4 N–H and O–H groups in total. The predicted molar refractivity (Wildman–Crippen MR) is 60.1 cm³/mol. The molecule has 2 aromatic rings. The van der Waals surface area contributed by atoms with Gasteiger partial charge in [0.15, 0.2) is 5.58 Å². The molecule has 1 unspecified atom stereocenters. The maximum atomic E-state index is 10.9. The molecule has 1 heterocycles. The van der Waals surface area contributed by atoms with Gasteiger partial charge in [0.25, 0.3) is 0 Å². The minimum atomic E-state index is -0.562. The summed E-state index contributed by atoms with van der Waals surface area (Å²) in [4.78, 5) is 13.5. The van der Waals surface area contributed by atoms with Gasteiger partial charge in [0.1, 0.15) is 0 Å². The van der Waals surface area contributed by atoms with E-state index >= 15 is 0 Å². The van der Waals surface area contributed by atoms with Crippen molar-refractivity contribution >= 4 is 11.1 Å². The number of aliphatic hydroxyl groups is 1. The number of oxazole rings is 1. The van der Waals surface area contributed by atoms with Gasteiger partial charge in [-0.3, -0.25) is 4.98 Å². The summed E-state index contributed by atoms with van der Waals surface area (Å²) in [6.07, 6.45) is 0.806. The van der Waals surface area contributed by atoms with Gasteiger partial charge >= 0.3 is 5.76 Å². The molecule has 5 heteroatoms. The number of nitrogens with one attached hydrogen (secondary N) is 1. The zero-order chi connectivity index (χ0) is 11.5. The van der Waals surface area contributed by atoms with Crippen molar-refractivity contribution in [1.82, 2.24) is 4.98 Å². The number of aromatic nitrogens is 1. The van der Waals surface area contributed by atoms with E-state index in [0.717, 1.165) is 12.0 Å². The highest BCUT2D eigenvalue weighted by molar-refractivity contribution is 5.72. The monoisotopic (exact) mass is 222 g/mol. The van der Waals surface area contributed by atoms with Gasteiger partial charge in [-0.05, 0) is 37.1 Å². The zero-order valence-electron chi connectivity index (χ0n) is 8.77. The van der Waals surface area contributed by atoms with Crippen molar-refractivity contribution in [2.75, 3.05) is 6.54 Å². The lowest BCUT2D eigenvalue weighted by atomic mass is 10.0. The highest BCUT2D eigenvalue weighted by Crippen LogP contribution is 2.21. The molecule has 0 radical (unpaired) electrons. The Morgan fingerprint density at radius 3 is 3.06 bits per heavy atom. The topological polar surface area (TPSA) is 92.2 Å². The van der Waals surface area contributed by atoms with E-state index in [1.807, 2.05) is 0 Å². The van der Waals surface area contributed by atoms with E-state index in [0.29, 0.717) is 24.1 Å². The molecule has 1 aromatic heterocycles. The van der Waals surface area contributed by atoms with Crippen molar-refractivity contribution in [1.29, 1.82) is 0 Å². The van der Waals surface area contributed by atoms with Crippen LogP contribution in [-0.4, -0.2) is 16.6 Å². The molecule has 0 aliphatic carbocycles. The fourth-order valence-electron chi connectivity index (χ4n) is 1.65. The van der Waals surface area contributed by atoms with Crippen LogP contribution in [0.3, 0.4) is 0 Å². The quantitative estimate of drug-likeness (QED) is 0.716. The molecule has 5 nitrogen and oxygen atoms in total. The molecule has 0 bridgehead atoms. The van der Waals surface area contributed by atoms with E-state index in [2.05, 4.69) is 4.98 Å². The standard InChI is InChI=1S/C11H14N2O3/c12-5-1-2-9(14)7-3-4-8-10(6-7)16-11(15)13-8/h3-4,6,9,14H,1-2,5,12H2,(H,13,15). The Kier molecular flexibility index (Phi) is 3.07. The van der Waals surface area contributed by atoms with Crippen molar-refractivity contribution in [3.63, 3.8) is 0 Å². The van der Waals surface area contributed by atoms with Crippen LogP contribution < -0.4 is 11.5 Å². The Hall–Kier alpha value is -1.59. The van der Waals surface area contributed by atoms with Crippen molar-refractivity contribution in [3.05, 3.63) is 34.3 Å². The average Bonchev–Trinajstić information content (AvgIpc) is 2.64. The first-order valence-electron chi connectivity index (χ1n) is 5.21. The van der Waals surface area contributed by atoms with E-state index < -0.39 is 11.9 Å². The van der Waals surface area contributed by atoms with Crippen LogP contribution in [0.1, 0.15) is 24.5 Å². The van der Waals surface area contributed by atoms with E-state index in [1.54, 1.807) is 18.2 Å². The lowest BCUT2D eigenvalue weighted by molar-refractivity contribution is 0.165. The van der Waals surface area contributed by atoms with Crippen molar-refractivity contribution in [2.24, 2.45) is 5.73 Å². The number of rotatable bonds is 4. The molecule has 86 valence electrons. The second kappa shape index (κ2) is 4.51. The summed E-state index contributed by atoms with van der Waals surface area (Å²) in [5.41, 5.74) is 7.22. The molecular weight excluding hydrogens is 208 g/mol. The molecule has 0 aliphatic heterocycles. The molecule has 0 fully saturated rings. The van der Waals surface area contributed by atoms with Gasteiger partial charge in [-0.25, -0.2) is 4.79 Å². The van der Waals surface area contributed by atoms with Crippen molar-refractivity contribution < 1.29 is 9.52 Å². The Bertz CT molecular complexity index is 529. The third-order valence-electron chi connectivity index (χ3n) is 2.51. The highest BCUT2D eigenvalue weighted by atomic mass is 16.4. The smallest absolute Gasteiger partial charge is 0.408 e. The molecule has 1 atom stereocenters. The Morgan fingerprint density at radius 2 is 2.31 bits per heavy atom. The number of aromatic amines is 1. The van der Waals surface area contributed by atoms with Gasteiger partial charge in [-0.1, -0.05) is 6.07 Å². The fourth-order valence-corrected chi connectivity index (χ4v) is 1.65. The molecule has 1 aromatic carbocycles. The Balaban J connectivity index is 2.27. The number of benzene rings is 1. The average molecular weight is 222 g/mol. The van der Waals surface area contributed by atoms with Crippen molar-refractivity contribution in [2.45, 2.75) is 18.9 Å². The summed E-state index contributed by atoms with van der Waals surface area (Å²) in [6, 6.07) is 5.17. The van der Waals surface area contributed by atoms with Crippen LogP contribution in [0, 0.1) is 0 Å². The number of hydrogen-bond donors (Lipinski definition) is 3. The van der Waals surface area contributed by atoms with E-state index in [9.17, 15) is 9.90 Å². The number of aliphatic hydroxyl groups excluding tert-OH is 1. The van der Waals surface area contributed by atoms with Gasteiger partial charge < -0.3 is 15.3 Å². The number of nitrogens with two attached hydrogens (primary N) is 1. The van der Waals surface area contributed by atoms with E-state index in [4.69, 9.17) is 10.2 Å². The first kappa shape index (κ1) is 10.9. The molecule has 0 saturated carbocycles. The number of fused-ring (bicyclic) bond motifs is 1. The molecule has 2 rings (SSSR count). The molecule has 0 spiro atoms. The van der Waals surface area contributed by atoms with Gasteiger partial charge in [0, 0.05) is 0 Å². The van der Waals surface area contributed by atoms with E-state index in [1.165, 1.54) is 0 Å². The zero-order valence-corrected chi connectivity index (χ0v) is 8.77. The minimum Gasteiger partial charge on any atom is -0.408 e. The minimum absolute atomic E-state index is 0.467. The van der Waals surface area contributed by atoms with Crippen LogP contribution in [0.4, 0.5) is 0 Å². The van der Waals surface area contributed by atoms with Gasteiger partial charge in [-0.15, -0.1) is 0 Å². The summed E-state index contributed by atoms with van der Waals surface area (Å²) in [6.45, 7) is 0.554. The summed E-state index contributed by atoms with van der Waals surface area (Å²) in [7, 11) is 0. The van der Waals surface area contributed by atoms with Gasteiger partial charge in [0.2, 0.25) is 0 Å². The van der Waals surface area contributed by atoms with Crippen LogP contribution in [0.15, 0.2) is 27.4 Å².